The van der Waals surface area contributed by atoms with Gasteiger partial charge in [0.15, 0.2) is 11.8 Å². The third-order valence-electron chi connectivity index (χ3n) is 3.11. The molecule has 2 rings (SSSR count). The van der Waals surface area contributed by atoms with Gasteiger partial charge in [-0.1, -0.05) is 18.2 Å². The van der Waals surface area contributed by atoms with E-state index in [-0.39, 0.29) is 11.6 Å². The van der Waals surface area contributed by atoms with Crippen LogP contribution in [0, 0.1) is 6.92 Å². The number of rotatable bonds is 4. The highest BCUT2D eigenvalue weighted by molar-refractivity contribution is 5.91. The zero-order chi connectivity index (χ0) is 17.9. The van der Waals surface area contributed by atoms with Crippen molar-refractivity contribution in [3.05, 3.63) is 41.7 Å². The van der Waals surface area contributed by atoms with Crippen molar-refractivity contribution in [1.82, 2.24) is 20.3 Å². The van der Waals surface area contributed by atoms with E-state index in [1.807, 2.05) is 51.1 Å². The van der Waals surface area contributed by atoms with Gasteiger partial charge in [-0.05, 0) is 46.8 Å². The van der Waals surface area contributed by atoms with Crippen LogP contribution < -0.4 is 5.32 Å². The average Bonchev–Trinajstić information content (AvgIpc) is 2.88. The number of nitrogens with zero attached hydrogens (tertiary/aromatic N) is 3. The van der Waals surface area contributed by atoms with Gasteiger partial charge in [-0.15, -0.1) is 5.10 Å². The molecule has 24 heavy (non-hydrogen) atoms. The molecule has 1 heterocycles. The number of para-hydroxylation sites is 1. The summed E-state index contributed by atoms with van der Waals surface area (Å²) in [6.45, 7) is 8.76. The Labute approximate surface area is 141 Å². The second kappa shape index (κ2) is 6.82. The molecule has 7 nitrogen and oxygen atoms in total. The van der Waals surface area contributed by atoms with Crippen molar-refractivity contribution in [3.8, 4) is 5.69 Å². The van der Waals surface area contributed by atoms with Crippen molar-refractivity contribution in [1.29, 1.82) is 0 Å². The Morgan fingerprint density at radius 2 is 1.79 bits per heavy atom. The van der Waals surface area contributed by atoms with Crippen LogP contribution in [0.3, 0.4) is 0 Å². The first-order valence-corrected chi connectivity index (χ1v) is 7.70. The largest absolute Gasteiger partial charge is 0.448 e. The SMILES string of the molecule is Cc1nn(-c2ccccc2)nc1C(=O)O[C@H](C)C(=O)NC(C)(C)C. The summed E-state index contributed by atoms with van der Waals surface area (Å²) in [4.78, 5) is 25.6. The minimum absolute atomic E-state index is 0.0919. The van der Waals surface area contributed by atoms with E-state index in [2.05, 4.69) is 15.5 Å². The van der Waals surface area contributed by atoms with Gasteiger partial charge in [0.2, 0.25) is 0 Å². The van der Waals surface area contributed by atoms with Crippen LogP contribution >= 0.6 is 0 Å². The molecule has 0 bridgehead atoms. The molecule has 7 heteroatoms. The molecule has 0 aliphatic heterocycles. The smallest absolute Gasteiger partial charge is 0.361 e. The summed E-state index contributed by atoms with van der Waals surface area (Å²) in [7, 11) is 0. The van der Waals surface area contributed by atoms with Crippen molar-refractivity contribution in [3.63, 3.8) is 0 Å². The molecule has 1 aromatic carbocycles. The molecule has 1 N–H and O–H groups in total. The Morgan fingerprint density at radius 3 is 2.38 bits per heavy atom. The third kappa shape index (κ3) is 4.41. The average molecular weight is 330 g/mol. The molecule has 0 spiro atoms. The van der Waals surface area contributed by atoms with E-state index in [1.165, 1.54) is 11.7 Å². The molecule has 1 amide bonds. The number of aromatic nitrogens is 3. The fourth-order valence-corrected chi connectivity index (χ4v) is 1.99. The fraction of sp³-hybridized carbons (Fsp3) is 0.412. The highest BCUT2D eigenvalue weighted by Crippen LogP contribution is 2.10. The molecule has 0 aliphatic rings. The van der Waals surface area contributed by atoms with Crippen LogP contribution in [0.2, 0.25) is 0 Å². The van der Waals surface area contributed by atoms with Gasteiger partial charge in [0, 0.05) is 5.54 Å². The first-order valence-electron chi connectivity index (χ1n) is 7.70. The molecule has 0 aliphatic carbocycles. The number of hydrogen-bond acceptors (Lipinski definition) is 5. The van der Waals surface area contributed by atoms with E-state index in [0.29, 0.717) is 5.69 Å². The highest BCUT2D eigenvalue weighted by atomic mass is 16.5. The number of hydrogen-bond donors (Lipinski definition) is 1. The number of amides is 1. The summed E-state index contributed by atoms with van der Waals surface area (Å²) in [5.74, 6) is -1.03. The van der Waals surface area contributed by atoms with E-state index < -0.39 is 17.6 Å². The second-order valence-corrected chi connectivity index (χ2v) is 6.55. The van der Waals surface area contributed by atoms with Gasteiger partial charge in [-0.25, -0.2) is 4.79 Å². The predicted molar refractivity (Wildman–Crippen MR) is 88.9 cm³/mol. The molecular weight excluding hydrogens is 308 g/mol. The zero-order valence-electron chi connectivity index (χ0n) is 14.5. The standard InChI is InChI=1S/C17H22N4O3/c1-11-14(20-21(19-11)13-9-7-6-8-10-13)16(23)24-12(2)15(22)18-17(3,4)5/h6-10,12H,1-5H3,(H,18,22)/t12-/m1/s1. The van der Waals surface area contributed by atoms with Gasteiger partial charge < -0.3 is 10.1 Å². The Bertz CT molecular complexity index is 732. The first-order chi connectivity index (χ1) is 11.2. The lowest BCUT2D eigenvalue weighted by atomic mass is 10.1. The quantitative estimate of drug-likeness (QED) is 0.867. The van der Waals surface area contributed by atoms with E-state index >= 15 is 0 Å². The molecule has 1 aromatic heterocycles. The van der Waals surface area contributed by atoms with Gasteiger partial charge in [0.1, 0.15) is 0 Å². The fourth-order valence-electron chi connectivity index (χ4n) is 1.99. The summed E-state index contributed by atoms with van der Waals surface area (Å²) in [5.41, 5.74) is 0.865. The van der Waals surface area contributed by atoms with Crippen molar-refractivity contribution in [2.24, 2.45) is 0 Å². The van der Waals surface area contributed by atoms with Crippen molar-refractivity contribution >= 4 is 11.9 Å². The van der Waals surface area contributed by atoms with Gasteiger partial charge in [0.25, 0.3) is 5.91 Å². The van der Waals surface area contributed by atoms with Crippen LogP contribution in [0.4, 0.5) is 0 Å². The topological polar surface area (TPSA) is 86.1 Å². The van der Waals surface area contributed by atoms with Crippen LogP contribution in [0.25, 0.3) is 5.69 Å². The van der Waals surface area contributed by atoms with E-state index in [9.17, 15) is 9.59 Å². The molecule has 0 saturated heterocycles. The maximum absolute atomic E-state index is 12.3. The van der Waals surface area contributed by atoms with Crippen LogP contribution in [0.1, 0.15) is 43.9 Å². The van der Waals surface area contributed by atoms with Gasteiger partial charge >= 0.3 is 5.97 Å². The number of carbonyl (C=O) groups excluding carboxylic acids is 2. The van der Waals surface area contributed by atoms with E-state index in [1.54, 1.807) is 6.92 Å². The first kappa shape index (κ1) is 17.7. The lowest BCUT2D eigenvalue weighted by Crippen LogP contribution is -2.46. The number of ether oxygens (including phenoxy) is 1. The molecule has 0 unspecified atom stereocenters. The van der Waals surface area contributed by atoms with E-state index in [4.69, 9.17) is 4.74 Å². The third-order valence-corrected chi connectivity index (χ3v) is 3.11. The Kier molecular flexibility index (Phi) is 5.02. The van der Waals surface area contributed by atoms with E-state index in [0.717, 1.165) is 5.69 Å². The molecule has 2 aromatic rings. The number of esters is 1. The van der Waals surface area contributed by atoms with Crippen molar-refractivity contribution < 1.29 is 14.3 Å². The summed E-state index contributed by atoms with van der Waals surface area (Å²) in [6.07, 6.45) is -0.919. The minimum Gasteiger partial charge on any atom is -0.448 e. The van der Waals surface area contributed by atoms with Crippen LogP contribution in [0.5, 0.6) is 0 Å². The summed E-state index contributed by atoms with van der Waals surface area (Å²) in [5, 5.41) is 11.1. The highest BCUT2D eigenvalue weighted by Gasteiger charge is 2.25. The zero-order valence-corrected chi connectivity index (χ0v) is 14.5. The normalized spacial score (nSPS) is 12.5. The molecular formula is C17H22N4O3. The maximum atomic E-state index is 12.3. The molecule has 0 radical (unpaired) electrons. The molecule has 1 atom stereocenters. The van der Waals surface area contributed by atoms with Crippen LogP contribution in [-0.2, 0) is 9.53 Å². The lowest BCUT2D eigenvalue weighted by Gasteiger charge is -2.23. The van der Waals surface area contributed by atoms with Gasteiger partial charge in [-0.2, -0.15) is 9.90 Å². The molecule has 0 saturated carbocycles. The van der Waals surface area contributed by atoms with Crippen molar-refractivity contribution in [2.75, 3.05) is 0 Å². The van der Waals surface area contributed by atoms with Crippen LogP contribution in [-0.4, -0.2) is 38.5 Å². The Hall–Kier alpha value is -2.70. The maximum Gasteiger partial charge on any atom is 0.361 e. The number of benzene rings is 1. The van der Waals surface area contributed by atoms with Crippen molar-refractivity contribution in [2.45, 2.75) is 46.3 Å². The Balaban J connectivity index is 2.10. The lowest BCUT2D eigenvalue weighted by molar-refractivity contribution is -0.130. The molecule has 0 fully saturated rings. The summed E-state index contributed by atoms with van der Waals surface area (Å²) < 4.78 is 5.21. The van der Waals surface area contributed by atoms with Crippen LogP contribution in [0.15, 0.2) is 30.3 Å². The van der Waals surface area contributed by atoms with Gasteiger partial charge in [-0.3, -0.25) is 4.79 Å². The molecule has 128 valence electrons. The minimum atomic E-state index is -0.919. The number of aryl methyl sites for hydroxylation is 1. The number of carbonyl (C=O) groups is 2. The second-order valence-electron chi connectivity index (χ2n) is 6.55. The summed E-state index contributed by atoms with van der Waals surface area (Å²) in [6, 6.07) is 9.24. The summed E-state index contributed by atoms with van der Waals surface area (Å²) >= 11 is 0. The van der Waals surface area contributed by atoms with Gasteiger partial charge in [0.05, 0.1) is 11.4 Å². The Morgan fingerprint density at radius 1 is 1.17 bits per heavy atom. The monoisotopic (exact) mass is 330 g/mol. The number of nitrogens with one attached hydrogen (secondary N) is 1. The predicted octanol–water partition coefficient (Wildman–Crippen LogP) is 2.04.